The Morgan fingerprint density at radius 1 is 1.11 bits per heavy atom. The number of anilines is 1. The fourth-order valence-corrected chi connectivity index (χ4v) is 3.52. The van der Waals surface area contributed by atoms with Crippen molar-refractivity contribution in [3.05, 3.63) is 78.1 Å². The molecule has 2 aromatic heterocycles. The number of aromatic nitrogens is 3. The SMILES string of the molecule is Cc1cccc(C)c1N(CCn1ccnc1)C(=O)C(C)CCc1cccnc1. The van der Waals surface area contributed by atoms with Crippen LogP contribution in [0.1, 0.15) is 30.0 Å². The fraction of sp³-hybridized carbons (Fsp3) is 0.348. The van der Waals surface area contributed by atoms with Gasteiger partial charge in [0.25, 0.3) is 0 Å². The van der Waals surface area contributed by atoms with Gasteiger partial charge in [0.2, 0.25) is 5.91 Å². The molecule has 5 nitrogen and oxygen atoms in total. The summed E-state index contributed by atoms with van der Waals surface area (Å²) in [4.78, 5) is 23.6. The lowest BCUT2D eigenvalue weighted by molar-refractivity contribution is -0.122. The number of carbonyl (C=O) groups is 1. The molecule has 0 radical (unpaired) electrons. The topological polar surface area (TPSA) is 51.0 Å². The molecule has 28 heavy (non-hydrogen) atoms. The highest BCUT2D eigenvalue weighted by Crippen LogP contribution is 2.27. The molecule has 0 N–H and O–H groups in total. The van der Waals surface area contributed by atoms with Crippen molar-refractivity contribution in [2.24, 2.45) is 5.92 Å². The molecule has 0 spiro atoms. The van der Waals surface area contributed by atoms with Crippen LogP contribution in [0.15, 0.2) is 61.4 Å². The largest absolute Gasteiger partial charge is 0.336 e. The van der Waals surface area contributed by atoms with E-state index in [1.807, 2.05) is 40.9 Å². The van der Waals surface area contributed by atoms with Gasteiger partial charge in [0.15, 0.2) is 0 Å². The maximum absolute atomic E-state index is 13.4. The minimum atomic E-state index is -0.0676. The molecule has 5 heteroatoms. The Morgan fingerprint density at radius 2 is 1.89 bits per heavy atom. The molecule has 1 aromatic carbocycles. The number of rotatable bonds is 8. The molecule has 0 saturated heterocycles. The van der Waals surface area contributed by atoms with Crippen LogP contribution in [0.2, 0.25) is 0 Å². The molecule has 146 valence electrons. The number of benzene rings is 1. The van der Waals surface area contributed by atoms with Crippen molar-refractivity contribution in [1.29, 1.82) is 0 Å². The van der Waals surface area contributed by atoms with Crippen molar-refractivity contribution < 1.29 is 4.79 Å². The Bertz CT molecular complexity index is 870. The van der Waals surface area contributed by atoms with Gasteiger partial charge < -0.3 is 9.47 Å². The number of nitrogens with zero attached hydrogens (tertiary/aromatic N) is 4. The van der Waals surface area contributed by atoms with Crippen molar-refractivity contribution >= 4 is 11.6 Å². The molecule has 1 amide bonds. The molecule has 3 aromatic rings. The van der Waals surface area contributed by atoms with Crippen LogP contribution in [0.5, 0.6) is 0 Å². The third kappa shape index (κ3) is 4.85. The van der Waals surface area contributed by atoms with Crippen LogP contribution in [0, 0.1) is 19.8 Å². The molecule has 0 aliphatic carbocycles. The van der Waals surface area contributed by atoms with E-state index in [2.05, 4.69) is 42.0 Å². The predicted molar refractivity (Wildman–Crippen MR) is 112 cm³/mol. The van der Waals surface area contributed by atoms with Crippen LogP contribution >= 0.6 is 0 Å². The first-order valence-corrected chi connectivity index (χ1v) is 9.78. The quantitative estimate of drug-likeness (QED) is 0.592. The molecule has 0 bridgehead atoms. The summed E-state index contributed by atoms with van der Waals surface area (Å²) in [5.41, 5.74) is 4.44. The van der Waals surface area contributed by atoms with Gasteiger partial charge in [0.05, 0.1) is 6.33 Å². The van der Waals surface area contributed by atoms with E-state index >= 15 is 0 Å². The van der Waals surface area contributed by atoms with Crippen LogP contribution in [-0.2, 0) is 17.8 Å². The number of pyridine rings is 1. The van der Waals surface area contributed by atoms with Gasteiger partial charge in [-0.2, -0.15) is 0 Å². The zero-order chi connectivity index (χ0) is 19.9. The second kappa shape index (κ2) is 9.31. The molecule has 0 fully saturated rings. The zero-order valence-electron chi connectivity index (χ0n) is 16.9. The average molecular weight is 377 g/mol. The van der Waals surface area contributed by atoms with Gasteiger partial charge in [-0.25, -0.2) is 4.98 Å². The summed E-state index contributed by atoms with van der Waals surface area (Å²) in [6.07, 6.45) is 10.8. The van der Waals surface area contributed by atoms with Gasteiger partial charge in [-0.3, -0.25) is 9.78 Å². The summed E-state index contributed by atoms with van der Waals surface area (Å²) in [6.45, 7) is 7.50. The lowest BCUT2D eigenvalue weighted by Gasteiger charge is -2.29. The normalized spacial score (nSPS) is 12.0. The molecular weight excluding hydrogens is 348 g/mol. The number of hydrogen-bond donors (Lipinski definition) is 0. The number of carbonyl (C=O) groups excluding carboxylic acids is 1. The van der Waals surface area contributed by atoms with Crippen molar-refractivity contribution in [1.82, 2.24) is 14.5 Å². The van der Waals surface area contributed by atoms with Crippen LogP contribution in [0.25, 0.3) is 0 Å². The van der Waals surface area contributed by atoms with Crippen molar-refractivity contribution in [2.75, 3.05) is 11.4 Å². The summed E-state index contributed by atoms with van der Waals surface area (Å²) in [6, 6.07) is 10.2. The lowest BCUT2D eigenvalue weighted by atomic mass is 9.99. The molecule has 1 unspecified atom stereocenters. The zero-order valence-corrected chi connectivity index (χ0v) is 16.9. The number of imidazole rings is 1. The van der Waals surface area contributed by atoms with E-state index in [1.54, 1.807) is 18.7 Å². The van der Waals surface area contributed by atoms with E-state index < -0.39 is 0 Å². The van der Waals surface area contributed by atoms with Gasteiger partial charge >= 0.3 is 0 Å². The highest BCUT2D eigenvalue weighted by atomic mass is 16.2. The van der Waals surface area contributed by atoms with Crippen LogP contribution in [-0.4, -0.2) is 27.0 Å². The number of amides is 1. The maximum atomic E-state index is 13.4. The molecule has 0 aliphatic rings. The van der Waals surface area contributed by atoms with E-state index in [9.17, 15) is 4.79 Å². The highest BCUT2D eigenvalue weighted by molar-refractivity contribution is 5.96. The maximum Gasteiger partial charge on any atom is 0.229 e. The lowest BCUT2D eigenvalue weighted by Crippen LogP contribution is -2.38. The monoisotopic (exact) mass is 376 g/mol. The summed E-state index contributed by atoms with van der Waals surface area (Å²) in [5, 5.41) is 0. The Balaban J connectivity index is 1.77. The molecule has 2 heterocycles. The third-order valence-corrected chi connectivity index (χ3v) is 5.13. The summed E-state index contributed by atoms with van der Waals surface area (Å²) >= 11 is 0. The molecule has 1 atom stereocenters. The first kappa shape index (κ1) is 19.8. The number of hydrogen-bond acceptors (Lipinski definition) is 3. The summed E-state index contributed by atoms with van der Waals surface area (Å²) in [7, 11) is 0. The second-order valence-corrected chi connectivity index (χ2v) is 7.33. The molecular formula is C23H28N4O. The van der Waals surface area contributed by atoms with E-state index in [0.717, 1.165) is 36.2 Å². The van der Waals surface area contributed by atoms with E-state index in [1.165, 1.54) is 5.56 Å². The first-order valence-electron chi connectivity index (χ1n) is 9.78. The minimum absolute atomic E-state index is 0.0676. The molecule has 0 saturated carbocycles. The minimum Gasteiger partial charge on any atom is -0.336 e. The van der Waals surface area contributed by atoms with E-state index in [4.69, 9.17) is 0 Å². The Kier molecular flexibility index (Phi) is 6.58. The molecule has 0 aliphatic heterocycles. The van der Waals surface area contributed by atoms with Crippen molar-refractivity contribution in [3.63, 3.8) is 0 Å². The van der Waals surface area contributed by atoms with Gasteiger partial charge in [-0.05, 0) is 49.4 Å². The van der Waals surface area contributed by atoms with Crippen LogP contribution < -0.4 is 4.90 Å². The van der Waals surface area contributed by atoms with Crippen LogP contribution in [0.3, 0.4) is 0 Å². The predicted octanol–water partition coefficient (Wildman–Crippen LogP) is 4.20. The first-order chi connectivity index (χ1) is 13.6. The van der Waals surface area contributed by atoms with Crippen molar-refractivity contribution in [2.45, 2.75) is 40.2 Å². The number of aryl methyl sites for hydroxylation is 3. The Hall–Kier alpha value is -2.95. The van der Waals surface area contributed by atoms with Gasteiger partial charge in [-0.1, -0.05) is 31.2 Å². The standard InChI is InChI=1S/C23H28N4O/c1-18-6-4-7-19(2)22(18)27(15-14-26-13-12-25-17-26)23(28)20(3)9-10-21-8-5-11-24-16-21/h4-8,11-13,16-17,20H,9-10,14-15H2,1-3H3. The van der Waals surface area contributed by atoms with E-state index in [-0.39, 0.29) is 11.8 Å². The van der Waals surface area contributed by atoms with Gasteiger partial charge in [-0.15, -0.1) is 0 Å². The van der Waals surface area contributed by atoms with Gasteiger partial charge in [0.1, 0.15) is 0 Å². The highest BCUT2D eigenvalue weighted by Gasteiger charge is 2.24. The van der Waals surface area contributed by atoms with Crippen molar-refractivity contribution in [3.8, 4) is 0 Å². The van der Waals surface area contributed by atoms with Crippen LogP contribution in [0.4, 0.5) is 5.69 Å². The van der Waals surface area contributed by atoms with Gasteiger partial charge in [0, 0.05) is 49.5 Å². The van der Waals surface area contributed by atoms with E-state index in [0.29, 0.717) is 6.54 Å². The third-order valence-electron chi connectivity index (χ3n) is 5.13. The average Bonchev–Trinajstić information content (AvgIpc) is 3.22. The summed E-state index contributed by atoms with van der Waals surface area (Å²) in [5.74, 6) is 0.100. The Morgan fingerprint density at radius 3 is 2.54 bits per heavy atom. The number of para-hydroxylation sites is 1. The Labute approximate surface area is 167 Å². The fourth-order valence-electron chi connectivity index (χ4n) is 3.52. The second-order valence-electron chi connectivity index (χ2n) is 7.33. The molecule has 3 rings (SSSR count). The summed E-state index contributed by atoms with van der Waals surface area (Å²) < 4.78 is 2.01. The smallest absolute Gasteiger partial charge is 0.229 e.